The number of benzene rings is 1. The van der Waals surface area contributed by atoms with E-state index in [1.54, 1.807) is 24.3 Å². The van der Waals surface area contributed by atoms with E-state index in [1.165, 1.54) is 6.92 Å². The number of anilines is 1. The normalized spacial score (nSPS) is 20.7. The molecule has 0 radical (unpaired) electrons. The van der Waals surface area contributed by atoms with Crippen LogP contribution in [-0.4, -0.2) is 37.9 Å². The minimum absolute atomic E-state index is 0.00739. The molecule has 23 heavy (non-hydrogen) atoms. The zero-order valence-electron chi connectivity index (χ0n) is 12.6. The third-order valence-electron chi connectivity index (χ3n) is 3.57. The molecular formula is C15H18ClNO5S. The Kier molecular flexibility index (Phi) is 5.64. The molecule has 1 aliphatic heterocycles. The zero-order chi connectivity index (χ0) is 17.0. The van der Waals surface area contributed by atoms with Gasteiger partial charge in [-0.15, -0.1) is 0 Å². The van der Waals surface area contributed by atoms with Gasteiger partial charge >= 0.3 is 5.97 Å². The van der Waals surface area contributed by atoms with Gasteiger partial charge in [-0.1, -0.05) is 11.6 Å². The number of carbonyl (C=O) groups is 2. The number of amides is 1. The summed E-state index contributed by atoms with van der Waals surface area (Å²) in [6, 6.07) is 6.54. The van der Waals surface area contributed by atoms with Crippen molar-refractivity contribution in [3.63, 3.8) is 0 Å². The van der Waals surface area contributed by atoms with E-state index in [1.807, 2.05) is 0 Å². The molecular weight excluding hydrogens is 342 g/mol. The highest BCUT2D eigenvalue weighted by atomic mass is 35.5. The molecule has 1 aromatic rings. The minimum atomic E-state index is -3.03. The molecule has 0 aromatic heterocycles. The summed E-state index contributed by atoms with van der Waals surface area (Å²) >= 11 is 5.76. The number of ether oxygens (including phenoxy) is 1. The third-order valence-corrected chi connectivity index (χ3v) is 5.66. The first-order valence-corrected chi connectivity index (χ1v) is 9.41. The first kappa shape index (κ1) is 17.7. The van der Waals surface area contributed by atoms with Crippen LogP contribution in [0.15, 0.2) is 24.3 Å². The average molecular weight is 360 g/mol. The highest BCUT2D eigenvalue weighted by Gasteiger charge is 2.30. The molecule has 1 aliphatic rings. The van der Waals surface area contributed by atoms with Crippen molar-refractivity contribution in [2.24, 2.45) is 5.92 Å². The molecule has 0 unspecified atom stereocenters. The number of esters is 1. The maximum absolute atomic E-state index is 12.0. The summed E-state index contributed by atoms with van der Waals surface area (Å²) in [6.45, 7) is 1.47. The van der Waals surface area contributed by atoms with Crippen LogP contribution in [-0.2, 0) is 24.2 Å². The van der Waals surface area contributed by atoms with Gasteiger partial charge in [0.1, 0.15) is 0 Å². The maximum Gasteiger partial charge on any atom is 0.306 e. The fraction of sp³-hybridized carbons (Fsp3) is 0.467. The van der Waals surface area contributed by atoms with Crippen LogP contribution in [0.5, 0.6) is 0 Å². The second kappa shape index (κ2) is 7.31. The van der Waals surface area contributed by atoms with Gasteiger partial charge in [-0.25, -0.2) is 8.42 Å². The first-order chi connectivity index (χ1) is 10.7. The van der Waals surface area contributed by atoms with Crippen LogP contribution >= 0.6 is 11.6 Å². The molecule has 6 nitrogen and oxygen atoms in total. The Morgan fingerprint density at radius 3 is 2.57 bits per heavy atom. The van der Waals surface area contributed by atoms with Gasteiger partial charge in [0, 0.05) is 17.1 Å². The van der Waals surface area contributed by atoms with Gasteiger partial charge in [-0.3, -0.25) is 9.59 Å². The summed E-state index contributed by atoms with van der Waals surface area (Å²) in [5.74, 6) is -1.13. The van der Waals surface area contributed by atoms with Gasteiger partial charge in [-0.2, -0.15) is 0 Å². The summed E-state index contributed by atoms with van der Waals surface area (Å²) < 4.78 is 27.8. The quantitative estimate of drug-likeness (QED) is 0.812. The molecule has 1 saturated heterocycles. The van der Waals surface area contributed by atoms with E-state index in [0.717, 1.165) is 0 Å². The summed E-state index contributed by atoms with van der Waals surface area (Å²) in [5, 5.41) is 3.16. The fourth-order valence-corrected chi connectivity index (χ4v) is 4.33. The van der Waals surface area contributed by atoms with Crippen LogP contribution in [0.4, 0.5) is 5.69 Å². The Morgan fingerprint density at radius 2 is 2.00 bits per heavy atom. The number of hydrogen-bond acceptors (Lipinski definition) is 5. The van der Waals surface area contributed by atoms with Crippen LogP contribution in [0, 0.1) is 5.92 Å². The Balaban J connectivity index is 1.81. The van der Waals surface area contributed by atoms with Crippen molar-refractivity contribution in [3.8, 4) is 0 Å². The smallest absolute Gasteiger partial charge is 0.306 e. The van der Waals surface area contributed by atoms with E-state index in [2.05, 4.69) is 5.32 Å². The molecule has 1 heterocycles. The third kappa shape index (κ3) is 5.51. The Morgan fingerprint density at radius 1 is 1.35 bits per heavy atom. The van der Waals surface area contributed by atoms with E-state index in [9.17, 15) is 18.0 Å². The highest BCUT2D eigenvalue weighted by molar-refractivity contribution is 7.91. The predicted octanol–water partition coefficient (Wildman–Crippen LogP) is 2.04. The fourth-order valence-electron chi connectivity index (χ4n) is 2.34. The molecule has 2 rings (SSSR count). The molecule has 8 heteroatoms. The SMILES string of the molecule is C[C@@H](OC(=O)C[C@@H]1CCS(=O)(=O)C1)C(=O)Nc1ccc(Cl)cc1. The van der Waals surface area contributed by atoms with Gasteiger partial charge in [0.15, 0.2) is 15.9 Å². The van der Waals surface area contributed by atoms with Crippen molar-refractivity contribution in [3.05, 3.63) is 29.3 Å². The van der Waals surface area contributed by atoms with Crippen molar-refractivity contribution in [1.82, 2.24) is 0 Å². The predicted molar refractivity (Wildman–Crippen MR) is 87.0 cm³/mol. The van der Waals surface area contributed by atoms with Crippen LogP contribution in [0.25, 0.3) is 0 Å². The maximum atomic E-state index is 12.0. The lowest BCUT2D eigenvalue weighted by Gasteiger charge is -2.15. The molecule has 0 saturated carbocycles. The Labute approximate surface area is 140 Å². The standard InChI is InChI=1S/C15H18ClNO5S/c1-10(15(19)17-13-4-2-12(16)3-5-13)22-14(18)8-11-6-7-23(20,21)9-11/h2-5,10-11H,6-9H2,1H3,(H,17,19)/t10-,11+/m1/s1. The van der Waals surface area contributed by atoms with Crippen LogP contribution in [0.2, 0.25) is 5.02 Å². The number of nitrogens with one attached hydrogen (secondary N) is 1. The lowest BCUT2D eigenvalue weighted by molar-refractivity contribution is -0.153. The van der Waals surface area contributed by atoms with Gasteiger partial charge in [-0.05, 0) is 43.5 Å². The number of sulfone groups is 1. The van der Waals surface area contributed by atoms with Crippen molar-refractivity contribution in [2.75, 3.05) is 16.8 Å². The molecule has 0 aliphatic carbocycles. The zero-order valence-corrected chi connectivity index (χ0v) is 14.2. The van der Waals surface area contributed by atoms with Gasteiger partial charge < -0.3 is 10.1 Å². The summed E-state index contributed by atoms with van der Waals surface area (Å²) in [6.07, 6.45) is -0.489. The number of hydrogen-bond donors (Lipinski definition) is 1. The lowest BCUT2D eigenvalue weighted by atomic mass is 10.1. The van der Waals surface area contributed by atoms with E-state index >= 15 is 0 Å². The summed E-state index contributed by atoms with van der Waals surface area (Å²) in [4.78, 5) is 23.8. The van der Waals surface area contributed by atoms with Crippen molar-refractivity contribution < 1.29 is 22.7 Å². The average Bonchev–Trinajstić information content (AvgIpc) is 2.80. The lowest BCUT2D eigenvalue weighted by Crippen LogP contribution is -2.30. The van der Waals surface area contributed by atoms with E-state index in [0.29, 0.717) is 17.1 Å². The van der Waals surface area contributed by atoms with Crippen LogP contribution in [0.3, 0.4) is 0 Å². The van der Waals surface area contributed by atoms with Crippen LogP contribution < -0.4 is 5.32 Å². The van der Waals surface area contributed by atoms with E-state index in [-0.39, 0.29) is 23.8 Å². The topological polar surface area (TPSA) is 89.5 Å². The van der Waals surface area contributed by atoms with Crippen molar-refractivity contribution in [1.29, 1.82) is 0 Å². The second-order valence-electron chi connectivity index (χ2n) is 5.60. The van der Waals surface area contributed by atoms with E-state index < -0.39 is 27.8 Å². The molecule has 0 spiro atoms. The van der Waals surface area contributed by atoms with Crippen LogP contribution in [0.1, 0.15) is 19.8 Å². The van der Waals surface area contributed by atoms with Gasteiger partial charge in [0.25, 0.3) is 5.91 Å². The van der Waals surface area contributed by atoms with Crippen molar-refractivity contribution in [2.45, 2.75) is 25.9 Å². The number of carbonyl (C=O) groups excluding carboxylic acids is 2. The van der Waals surface area contributed by atoms with Crippen molar-refractivity contribution >= 4 is 39.0 Å². The highest BCUT2D eigenvalue weighted by Crippen LogP contribution is 2.22. The first-order valence-electron chi connectivity index (χ1n) is 7.21. The molecule has 0 bridgehead atoms. The largest absolute Gasteiger partial charge is 0.453 e. The Hall–Kier alpha value is -1.60. The minimum Gasteiger partial charge on any atom is -0.453 e. The van der Waals surface area contributed by atoms with E-state index in [4.69, 9.17) is 16.3 Å². The van der Waals surface area contributed by atoms with Gasteiger partial charge in [0.05, 0.1) is 11.5 Å². The molecule has 1 N–H and O–H groups in total. The molecule has 1 amide bonds. The summed E-state index contributed by atoms with van der Waals surface area (Å²) in [7, 11) is -3.03. The van der Waals surface area contributed by atoms with Gasteiger partial charge in [0.2, 0.25) is 0 Å². The Bertz CT molecular complexity index is 686. The number of rotatable bonds is 5. The monoisotopic (exact) mass is 359 g/mol. The molecule has 1 fully saturated rings. The molecule has 1 aromatic carbocycles. The second-order valence-corrected chi connectivity index (χ2v) is 8.27. The number of halogens is 1. The molecule has 2 atom stereocenters. The summed E-state index contributed by atoms with van der Waals surface area (Å²) in [5.41, 5.74) is 0.546. The molecule has 126 valence electrons.